The van der Waals surface area contributed by atoms with Crippen LogP contribution in [0.1, 0.15) is 32.6 Å². The smallest absolute Gasteiger partial charge is 0.269 e. The van der Waals surface area contributed by atoms with Gasteiger partial charge in [-0.1, -0.05) is 0 Å². The number of benzene rings is 1. The van der Waals surface area contributed by atoms with E-state index in [-0.39, 0.29) is 17.6 Å². The Bertz CT molecular complexity index is 613. The summed E-state index contributed by atoms with van der Waals surface area (Å²) in [6, 6.07) is 6.32. The summed E-state index contributed by atoms with van der Waals surface area (Å²) in [5, 5.41) is 13.6. The number of nitrogens with zero attached hydrogens (tertiary/aromatic N) is 3. The number of piperidine rings is 1. The SMILES string of the molecule is C[C@H](C(=O)Nc1ccc([N+](=O)[O-])cc1)N1CCC[C@H](N2CCCC2)C1. The Morgan fingerprint density at radius 1 is 1.20 bits per heavy atom. The van der Waals surface area contributed by atoms with E-state index in [2.05, 4.69) is 15.1 Å². The molecule has 1 aromatic carbocycles. The molecule has 0 bridgehead atoms. The van der Waals surface area contributed by atoms with Gasteiger partial charge in [-0.25, -0.2) is 0 Å². The van der Waals surface area contributed by atoms with Gasteiger partial charge in [0.15, 0.2) is 0 Å². The molecule has 1 aromatic rings. The summed E-state index contributed by atoms with van der Waals surface area (Å²) in [6.45, 7) is 6.19. The number of likely N-dealkylation sites (tertiary alicyclic amines) is 2. The van der Waals surface area contributed by atoms with Gasteiger partial charge in [0.05, 0.1) is 11.0 Å². The van der Waals surface area contributed by atoms with Gasteiger partial charge in [0.1, 0.15) is 0 Å². The average Bonchev–Trinajstić information content (AvgIpc) is 3.16. The summed E-state index contributed by atoms with van der Waals surface area (Å²) in [7, 11) is 0. The van der Waals surface area contributed by atoms with E-state index < -0.39 is 4.92 Å². The molecule has 2 aliphatic heterocycles. The molecule has 0 aliphatic carbocycles. The van der Waals surface area contributed by atoms with Crippen molar-refractivity contribution in [2.75, 3.05) is 31.5 Å². The van der Waals surface area contributed by atoms with E-state index in [9.17, 15) is 14.9 Å². The first-order valence-corrected chi connectivity index (χ1v) is 9.08. The molecule has 0 unspecified atom stereocenters. The Kier molecular flexibility index (Phi) is 5.65. The number of hydrogen-bond donors (Lipinski definition) is 1. The minimum Gasteiger partial charge on any atom is -0.325 e. The highest BCUT2D eigenvalue weighted by atomic mass is 16.6. The summed E-state index contributed by atoms with van der Waals surface area (Å²) in [6.07, 6.45) is 4.91. The fourth-order valence-corrected chi connectivity index (χ4v) is 3.82. The van der Waals surface area contributed by atoms with Gasteiger partial charge in [-0.15, -0.1) is 0 Å². The minimum atomic E-state index is -0.444. The summed E-state index contributed by atoms with van der Waals surface area (Å²) in [5.74, 6) is -0.0593. The number of nitrogens with one attached hydrogen (secondary N) is 1. The summed E-state index contributed by atoms with van der Waals surface area (Å²) < 4.78 is 0. The first-order valence-electron chi connectivity index (χ1n) is 9.08. The number of non-ortho nitro benzene ring substituents is 1. The zero-order chi connectivity index (χ0) is 17.8. The van der Waals surface area contributed by atoms with Crippen LogP contribution in [0.5, 0.6) is 0 Å². The van der Waals surface area contributed by atoms with E-state index in [1.165, 1.54) is 44.5 Å². The molecule has 0 spiro atoms. The summed E-state index contributed by atoms with van der Waals surface area (Å²) in [4.78, 5) is 27.6. The second kappa shape index (κ2) is 7.93. The van der Waals surface area contributed by atoms with Crippen LogP contribution in [-0.2, 0) is 4.79 Å². The zero-order valence-corrected chi connectivity index (χ0v) is 14.7. The molecule has 25 heavy (non-hydrogen) atoms. The van der Waals surface area contributed by atoms with Crippen molar-refractivity contribution in [3.8, 4) is 0 Å². The summed E-state index contributed by atoms with van der Waals surface area (Å²) >= 11 is 0. The van der Waals surface area contributed by atoms with Gasteiger partial charge >= 0.3 is 0 Å². The topological polar surface area (TPSA) is 78.7 Å². The first-order chi connectivity index (χ1) is 12.0. The van der Waals surface area contributed by atoms with Crippen molar-refractivity contribution in [2.24, 2.45) is 0 Å². The molecule has 7 heteroatoms. The quantitative estimate of drug-likeness (QED) is 0.654. The number of nitro groups is 1. The first kappa shape index (κ1) is 17.8. The van der Waals surface area contributed by atoms with Crippen molar-refractivity contribution in [3.63, 3.8) is 0 Å². The van der Waals surface area contributed by atoms with E-state index in [0.717, 1.165) is 19.5 Å². The number of carbonyl (C=O) groups excluding carboxylic acids is 1. The minimum absolute atomic E-state index is 0.0236. The predicted octanol–water partition coefficient (Wildman–Crippen LogP) is 2.48. The number of rotatable bonds is 5. The Morgan fingerprint density at radius 3 is 2.52 bits per heavy atom. The normalized spacial score (nSPS) is 23.3. The standard InChI is InChI=1S/C18H26N4O3/c1-14(18(23)19-15-6-8-16(9-7-15)22(24)25)21-12-4-5-17(13-21)20-10-2-3-11-20/h6-9,14,17H,2-5,10-13H2,1H3,(H,19,23)/t14-,17+/m1/s1. The van der Waals surface area contributed by atoms with Gasteiger partial charge in [-0.3, -0.25) is 24.7 Å². The van der Waals surface area contributed by atoms with Crippen LogP contribution in [0.2, 0.25) is 0 Å². The van der Waals surface area contributed by atoms with E-state index >= 15 is 0 Å². The molecule has 2 fully saturated rings. The maximum Gasteiger partial charge on any atom is 0.269 e. The Morgan fingerprint density at radius 2 is 1.88 bits per heavy atom. The third-order valence-corrected chi connectivity index (χ3v) is 5.36. The highest BCUT2D eigenvalue weighted by Crippen LogP contribution is 2.22. The molecule has 2 aliphatic rings. The fraction of sp³-hybridized carbons (Fsp3) is 0.611. The molecule has 7 nitrogen and oxygen atoms in total. The number of amides is 1. The lowest BCUT2D eigenvalue weighted by Crippen LogP contribution is -2.52. The van der Waals surface area contributed by atoms with Crippen molar-refractivity contribution < 1.29 is 9.72 Å². The molecule has 0 aromatic heterocycles. The molecule has 3 rings (SSSR count). The molecule has 2 heterocycles. The van der Waals surface area contributed by atoms with Crippen LogP contribution in [0.3, 0.4) is 0 Å². The van der Waals surface area contributed by atoms with Crippen LogP contribution in [0.15, 0.2) is 24.3 Å². The number of anilines is 1. The van der Waals surface area contributed by atoms with Gasteiger partial charge in [0.25, 0.3) is 5.69 Å². The zero-order valence-electron chi connectivity index (χ0n) is 14.7. The van der Waals surface area contributed by atoms with Crippen molar-refractivity contribution in [3.05, 3.63) is 34.4 Å². The van der Waals surface area contributed by atoms with Crippen LogP contribution in [0, 0.1) is 10.1 Å². The average molecular weight is 346 g/mol. The lowest BCUT2D eigenvalue weighted by molar-refractivity contribution is -0.384. The van der Waals surface area contributed by atoms with Crippen LogP contribution in [0.4, 0.5) is 11.4 Å². The lowest BCUT2D eigenvalue weighted by atomic mass is 10.0. The maximum atomic E-state index is 12.6. The van der Waals surface area contributed by atoms with E-state index in [4.69, 9.17) is 0 Å². The molecule has 1 amide bonds. The highest BCUT2D eigenvalue weighted by Gasteiger charge is 2.31. The Labute approximate surface area is 148 Å². The Balaban J connectivity index is 1.56. The molecule has 136 valence electrons. The predicted molar refractivity (Wildman–Crippen MR) is 96.6 cm³/mol. The lowest BCUT2D eigenvalue weighted by Gasteiger charge is -2.39. The number of nitro benzene ring substituents is 1. The van der Waals surface area contributed by atoms with Gasteiger partial charge in [-0.2, -0.15) is 0 Å². The molecule has 1 N–H and O–H groups in total. The van der Waals surface area contributed by atoms with Gasteiger partial charge in [-0.05, 0) is 64.4 Å². The molecule has 0 saturated carbocycles. The van der Waals surface area contributed by atoms with E-state index in [0.29, 0.717) is 11.7 Å². The van der Waals surface area contributed by atoms with E-state index in [1.807, 2.05) is 6.92 Å². The van der Waals surface area contributed by atoms with Crippen molar-refractivity contribution in [1.29, 1.82) is 0 Å². The second-order valence-electron chi connectivity index (χ2n) is 7.00. The van der Waals surface area contributed by atoms with Gasteiger partial charge < -0.3 is 5.32 Å². The number of carbonyl (C=O) groups is 1. The number of hydrogen-bond acceptors (Lipinski definition) is 5. The van der Waals surface area contributed by atoms with Crippen molar-refractivity contribution in [1.82, 2.24) is 9.80 Å². The van der Waals surface area contributed by atoms with Crippen LogP contribution < -0.4 is 5.32 Å². The fourth-order valence-electron chi connectivity index (χ4n) is 3.82. The van der Waals surface area contributed by atoms with Crippen molar-refractivity contribution in [2.45, 2.75) is 44.7 Å². The molecular formula is C18H26N4O3. The summed E-state index contributed by atoms with van der Waals surface area (Å²) in [5.41, 5.74) is 0.617. The highest BCUT2D eigenvalue weighted by molar-refractivity contribution is 5.94. The largest absolute Gasteiger partial charge is 0.325 e. The van der Waals surface area contributed by atoms with Crippen LogP contribution in [-0.4, -0.2) is 58.9 Å². The third-order valence-electron chi connectivity index (χ3n) is 5.36. The molecular weight excluding hydrogens is 320 g/mol. The van der Waals surface area contributed by atoms with Crippen LogP contribution >= 0.6 is 0 Å². The molecule has 2 atom stereocenters. The third kappa shape index (κ3) is 4.35. The van der Waals surface area contributed by atoms with E-state index in [1.54, 1.807) is 12.1 Å². The van der Waals surface area contributed by atoms with Gasteiger partial charge in [0.2, 0.25) is 5.91 Å². The molecule has 0 radical (unpaired) electrons. The molecule has 2 saturated heterocycles. The van der Waals surface area contributed by atoms with Crippen LogP contribution in [0.25, 0.3) is 0 Å². The maximum absolute atomic E-state index is 12.6. The Hall–Kier alpha value is -1.99. The second-order valence-corrected chi connectivity index (χ2v) is 7.00. The van der Waals surface area contributed by atoms with Gasteiger partial charge in [0, 0.05) is 30.4 Å². The monoisotopic (exact) mass is 346 g/mol. The van der Waals surface area contributed by atoms with Crippen molar-refractivity contribution >= 4 is 17.3 Å².